The SMILES string of the molecule is C[C@@H]1C/C(=N/NC(=O)c2nn(Cc3ccccc3)c(=O)c3ccccc23)CC(C)(C)C1. The number of aromatic nitrogens is 2. The maximum Gasteiger partial charge on any atom is 0.292 e. The minimum atomic E-state index is -0.401. The summed E-state index contributed by atoms with van der Waals surface area (Å²) in [6.07, 6.45) is 2.89. The number of rotatable bonds is 4. The van der Waals surface area contributed by atoms with Crippen molar-refractivity contribution in [2.45, 2.75) is 46.6 Å². The van der Waals surface area contributed by atoms with E-state index in [-0.39, 0.29) is 16.7 Å². The van der Waals surface area contributed by atoms with Gasteiger partial charge in [-0.2, -0.15) is 10.2 Å². The van der Waals surface area contributed by atoms with Gasteiger partial charge in [0.25, 0.3) is 11.5 Å². The Kier molecular flexibility index (Phi) is 5.72. The van der Waals surface area contributed by atoms with E-state index < -0.39 is 5.91 Å². The van der Waals surface area contributed by atoms with Crippen LogP contribution in [0.1, 0.15) is 56.1 Å². The van der Waals surface area contributed by atoms with Gasteiger partial charge in [0.05, 0.1) is 11.9 Å². The second-order valence-electron chi connectivity index (χ2n) is 9.32. The molecule has 1 amide bonds. The van der Waals surface area contributed by atoms with Crippen molar-refractivity contribution < 1.29 is 4.79 Å². The summed E-state index contributed by atoms with van der Waals surface area (Å²) in [5, 5.41) is 9.87. The van der Waals surface area contributed by atoms with Crippen molar-refractivity contribution in [3.8, 4) is 0 Å². The molecule has 0 radical (unpaired) electrons. The van der Waals surface area contributed by atoms with E-state index in [0.29, 0.717) is 23.2 Å². The maximum absolute atomic E-state index is 13.1. The Morgan fingerprint density at radius 2 is 1.81 bits per heavy atom. The third-order valence-corrected chi connectivity index (χ3v) is 5.74. The fourth-order valence-electron chi connectivity index (χ4n) is 4.65. The van der Waals surface area contributed by atoms with Crippen LogP contribution < -0.4 is 11.0 Å². The highest BCUT2D eigenvalue weighted by atomic mass is 16.2. The first-order valence-corrected chi connectivity index (χ1v) is 10.7. The fraction of sp³-hybridized carbons (Fsp3) is 0.360. The van der Waals surface area contributed by atoms with Gasteiger partial charge in [0.15, 0.2) is 5.69 Å². The number of hydrogen-bond acceptors (Lipinski definition) is 4. The molecule has 3 aromatic rings. The van der Waals surface area contributed by atoms with Gasteiger partial charge in [-0.3, -0.25) is 9.59 Å². The predicted octanol–water partition coefficient (Wildman–Crippen LogP) is 4.38. The normalized spacial score (nSPS) is 19.5. The number of carbonyl (C=O) groups is 1. The van der Waals surface area contributed by atoms with Gasteiger partial charge >= 0.3 is 0 Å². The number of carbonyl (C=O) groups excluding carboxylic acids is 1. The zero-order valence-corrected chi connectivity index (χ0v) is 18.3. The fourth-order valence-corrected chi connectivity index (χ4v) is 4.65. The van der Waals surface area contributed by atoms with Gasteiger partial charge in [0.2, 0.25) is 0 Å². The van der Waals surface area contributed by atoms with Crippen molar-refractivity contribution >= 4 is 22.4 Å². The van der Waals surface area contributed by atoms with Crippen LogP contribution in [0.25, 0.3) is 10.8 Å². The third kappa shape index (κ3) is 4.74. The summed E-state index contributed by atoms with van der Waals surface area (Å²) in [7, 11) is 0. The molecule has 160 valence electrons. The van der Waals surface area contributed by atoms with E-state index in [1.807, 2.05) is 30.3 Å². The number of benzene rings is 2. The van der Waals surface area contributed by atoms with Gasteiger partial charge in [-0.05, 0) is 42.2 Å². The van der Waals surface area contributed by atoms with E-state index >= 15 is 0 Å². The average Bonchev–Trinajstić information content (AvgIpc) is 2.73. The summed E-state index contributed by atoms with van der Waals surface area (Å²) in [6, 6.07) is 16.7. The summed E-state index contributed by atoms with van der Waals surface area (Å²) < 4.78 is 1.35. The number of nitrogens with one attached hydrogen (secondary N) is 1. The van der Waals surface area contributed by atoms with E-state index in [1.165, 1.54) is 4.68 Å². The topological polar surface area (TPSA) is 76.3 Å². The van der Waals surface area contributed by atoms with Gasteiger partial charge in [-0.25, -0.2) is 10.1 Å². The quantitative estimate of drug-likeness (QED) is 0.642. The first kappa shape index (κ1) is 21.0. The first-order valence-electron chi connectivity index (χ1n) is 10.7. The van der Waals surface area contributed by atoms with Crippen molar-refractivity contribution in [1.29, 1.82) is 0 Å². The van der Waals surface area contributed by atoms with Crippen molar-refractivity contribution in [3.05, 3.63) is 76.2 Å². The smallest absolute Gasteiger partial charge is 0.267 e. The van der Waals surface area contributed by atoms with Crippen LogP contribution in [0.15, 0.2) is 64.5 Å². The van der Waals surface area contributed by atoms with Crippen LogP contribution in [0.5, 0.6) is 0 Å². The number of nitrogens with zero attached hydrogens (tertiary/aromatic N) is 3. The van der Waals surface area contributed by atoms with Gasteiger partial charge in [0, 0.05) is 11.1 Å². The highest BCUT2D eigenvalue weighted by molar-refractivity contribution is 6.05. The van der Waals surface area contributed by atoms with Crippen LogP contribution in [-0.2, 0) is 6.54 Å². The maximum atomic E-state index is 13.1. The molecular formula is C25H28N4O2. The molecule has 4 rings (SSSR count). The Morgan fingerprint density at radius 1 is 1.13 bits per heavy atom. The first-order chi connectivity index (χ1) is 14.8. The minimum absolute atomic E-state index is 0.176. The molecule has 1 aliphatic rings. The molecule has 0 saturated heterocycles. The number of fused-ring (bicyclic) bond motifs is 1. The molecule has 1 aliphatic carbocycles. The standard InChI is InChI=1S/C25H28N4O2/c1-17-13-19(15-25(2,3)14-17)26-27-23(30)22-20-11-7-8-12-21(20)24(31)29(28-22)16-18-9-5-4-6-10-18/h4-12,17H,13-16H2,1-3H3,(H,27,30)/b26-19-/t17-/m1/s1. The van der Waals surface area contributed by atoms with Crippen LogP contribution >= 0.6 is 0 Å². The zero-order chi connectivity index (χ0) is 22.0. The minimum Gasteiger partial charge on any atom is -0.267 e. The molecule has 0 aliphatic heterocycles. The Labute approximate surface area is 182 Å². The summed E-state index contributed by atoms with van der Waals surface area (Å²) >= 11 is 0. The Balaban J connectivity index is 1.68. The lowest BCUT2D eigenvalue weighted by Crippen LogP contribution is -2.32. The Hall–Kier alpha value is -3.28. The monoisotopic (exact) mass is 416 g/mol. The lowest BCUT2D eigenvalue weighted by molar-refractivity contribution is 0.0948. The molecular weight excluding hydrogens is 388 g/mol. The van der Waals surface area contributed by atoms with Crippen LogP contribution in [0.3, 0.4) is 0 Å². The Morgan fingerprint density at radius 3 is 2.52 bits per heavy atom. The van der Waals surface area contributed by atoms with Crippen molar-refractivity contribution in [2.75, 3.05) is 0 Å². The largest absolute Gasteiger partial charge is 0.292 e. The molecule has 6 heteroatoms. The highest BCUT2D eigenvalue weighted by Gasteiger charge is 2.29. The van der Waals surface area contributed by atoms with E-state index in [2.05, 4.69) is 36.4 Å². The second kappa shape index (κ2) is 8.46. The van der Waals surface area contributed by atoms with Gasteiger partial charge < -0.3 is 0 Å². The van der Waals surface area contributed by atoms with E-state index in [1.54, 1.807) is 24.3 Å². The number of amides is 1. The van der Waals surface area contributed by atoms with E-state index in [4.69, 9.17) is 0 Å². The number of hydrogen-bond donors (Lipinski definition) is 1. The Bertz CT molecular complexity index is 1200. The molecule has 1 fully saturated rings. The summed E-state index contributed by atoms with van der Waals surface area (Å²) in [5.41, 5.74) is 4.81. The van der Waals surface area contributed by atoms with Gasteiger partial charge in [0.1, 0.15) is 0 Å². The van der Waals surface area contributed by atoms with Gasteiger partial charge in [-0.1, -0.05) is 69.3 Å². The van der Waals surface area contributed by atoms with Crippen LogP contribution in [0, 0.1) is 11.3 Å². The van der Waals surface area contributed by atoms with Crippen molar-refractivity contribution in [1.82, 2.24) is 15.2 Å². The summed E-state index contributed by atoms with van der Waals surface area (Å²) in [4.78, 5) is 26.0. The molecule has 1 atom stereocenters. The lowest BCUT2D eigenvalue weighted by Gasteiger charge is -2.34. The second-order valence-corrected chi connectivity index (χ2v) is 9.32. The van der Waals surface area contributed by atoms with Gasteiger partial charge in [-0.15, -0.1) is 0 Å². The zero-order valence-electron chi connectivity index (χ0n) is 18.3. The number of hydrazone groups is 1. The van der Waals surface area contributed by atoms with Crippen LogP contribution in [0.4, 0.5) is 0 Å². The molecule has 0 bridgehead atoms. The molecule has 0 unspecified atom stereocenters. The molecule has 31 heavy (non-hydrogen) atoms. The van der Waals surface area contributed by atoms with Crippen LogP contribution in [0.2, 0.25) is 0 Å². The highest BCUT2D eigenvalue weighted by Crippen LogP contribution is 2.36. The molecule has 1 saturated carbocycles. The molecule has 1 heterocycles. The molecule has 1 N–H and O–H groups in total. The summed E-state index contributed by atoms with van der Waals surface area (Å²) in [6.45, 7) is 6.97. The van der Waals surface area contributed by atoms with E-state index in [9.17, 15) is 9.59 Å². The molecule has 1 aromatic heterocycles. The lowest BCUT2D eigenvalue weighted by atomic mass is 9.72. The molecule has 2 aromatic carbocycles. The summed E-state index contributed by atoms with van der Waals surface area (Å²) in [5.74, 6) is 0.132. The predicted molar refractivity (Wildman–Crippen MR) is 123 cm³/mol. The van der Waals surface area contributed by atoms with Crippen molar-refractivity contribution in [2.24, 2.45) is 16.4 Å². The van der Waals surface area contributed by atoms with E-state index in [0.717, 1.165) is 30.5 Å². The van der Waals surface area contributed by atoms with Crippen molar-refractivity contribution in [3.63, 3.8) is 0 Å². The third-order valence-electron chi connectivity index (χ3n) is 5.74. The van der Waals surface area contributed by atoms with Crippen LogP contribution in [-0.4, -0.2) is 21.4 Å². The molecule has 6 nitrogen and oxygen atoms in total. The molecule has 0 spiro atoms. The average molecular weight is 417 g/mol.